The van der Waals surface area contributed by atoms with E-state index < -0.39 is 6.10 Å². The summed E-state index contributed by atoms with van der Waals surface area (Å²) in [5, 5.41) is 0. The van der Waals surface area contributed by atoms with E-state index in [4.69, 9.17) is 14.2 Å². The van der Waals surface area contributed by atoms with Gasteiger partial charge in [-0.25, -0.2) is 0 Å². The quantitative estimate of drug-likeness (QED) is 0.0261. The Morgan fingerprint density at radius 2 is 0.470 bits per heavy atom. The lowest BCUT2D eigenvalue weighted by Gasteiger charge is -2.18. The molecular formula is C77H124O6. The number of rotatable bonds is 60. The van der Waals surface area contributed by atoms with Gasteiger partial charge in [0, 0.05) is 19.3 Å². The Morgan fingerprint density at radius 1 is 0.253 bits per heavy atom. The molecule has 0 aromatic heterocycles. The zero-order chi connectivity index (χ0) is 59.9. The van der Waals surface area contributed by atoms with Crippen LogP contribution in [0.4, 0.5) is 0 Å². The van der Waals surface area contributed by atoms with Crippen molar-refractivity contribution in [2.75, 3.05) is 13.2 Å². The van der Waals surface area contributed by atoms with Gasteiger partial charge in [0.2, 0.25) is 0 Å². The molecule has 0 aromatic rings. The largest absolute Gasteiger partial charge is 0.462 e. The van der Waals surface area contributed by atoms with E-state index in [1.807, 2.05) is 0 Å². The molecule has 1 unspecified atom stereocenters. The van der Waals surface area contributed by atoms with Crippen molar-refractivity contribution in [3.63, 3.8) is 0 Å². The van der Waals surface area contributed by atoms with Gasteiger partial charge in [-0.15, -0.1) is 0 Å². The minimum atomic E-state index is -0.811. The zero-order valence-corrected chi connectivity index (χ0v) is 53.7. The van der Waals surface area contributed by atoms with Crippen LogP contribution in [0.3, 0.4) is 0 Å². The molecule has 0 rings (SSSR count). The minimum absolute atomic E-state index is 0.107. The van der Waals surface area contributed by atoms with Crippen LogP contribution in [-0.4, -0.2) is 37.2 Å². The van der Waals surface area contributed by atoms with Crippen molar-refractivity contribution in [2.24, 2.45) is 0 Å². The highest BCUT2D eigenvalue weighted by atomic mass is 16.6. The van der Waals surface area contributed by atoms with Crippen molar-refractivity contribution >= 4 is 17.9 Å². The first-order valence-corrected chi connectivity index (χ1v) is 34.0. The molecule has 0 amide bonds. The summed E-state index contributed by atoms with van der Waals surface area (Å²) in [6, 6.07) is 0. The molecule has 0 bridgehead atoms. The Labute approximate surface area is 511 Å². The minimum Gasteiger partial charge on any atom is -0.462 e. The highest BCUT2D eigenvalue weighted by Gasteiger charge is 2.19. The van der Waals surface area contributed by atoms with Gasteiger partial charge in [-0.1, -0.05) is 281 Å². The van der Waals surface area contributed by atoms with E-state index in [1.165, 1.54) is 96.3 Å². The molecule has 0 saturated heterocycles. The SMILES string of the molecule is CC/C=C\C/C=C\C/C=C\C/C=C\C/C=C\C/C=C\C/C=C\C/C=C\CCCCCCC(=O)OCC(COC(=O)CCCCC/C=C\C/C=C\C/C=C\CC)OC(=O)CCCCCCCCCCCCC/C=C\C/C=C\CCCCCCC. The van der Waals surface area contributed by atoms with Crippen LogP contribution in [-0.2, 0) is 28.6 Å². The van der Waals surface area contributed by atoms with Crippen LogP contribution in [0.25, 0.3) is 0 Å². The number of ether oxygens (including phenoxy) is 3. The maximum absolute atomic E-state index is 12.9. The smallest absolute Gasteiger partial charge is 0.306 e. The second-order valence-corrected chi connectivity index (χ2v) is 22.0. The van der Waals surface area contributed by atoms with Crippen molar-refractivity contribution in [3.05, 3.63) is 158 Å². The van der Waals surface area contributed by atoms with Gasteiger partial charge < -0.3 is 14.2 Å². The molecule has 0 saturated carbocycles. The van der Waals surface area contributed by atoms with Gasteiger partial charge in [0.25, 0.3) is 0 Å². The standard InChI is InChI=1S/C77H124O6/c1-4-7-10-13-16-19-22-25-27-29-31-33-35-36-37-38-39-40-42-43-45-47-49-52-55-58-61-64-67-70-76(79)82-73-74(72-81-75(78)69-66-63-60-57-54-51-24-21-18-15-12-9-6-3)83-77(80)71-68-65-62-59-56-53-50-48-46-44-41-34-32-30-28-26-23-20-17-14-11-8-5-2/h7,9-10,12,16,18-19,21,23,25-27,30-33,36-37,39-40,43,45,49,51-52,54,74H,4-6,8,11,13-15,17,20,22,24,28-29,34-35,38,41-42,44,46-48,50,53,55-73H2,1-3H3/b10-7-,12-9-,19-16-,21-18-,26-23-,27-25-,32-30-,33-31-,37-36-,40-39-,45-43-,52-49-,54-51-. The molecular weight excluding hydrogens is 1020 g/mol. The highest BCUT2D eigenvalue weighted by Crippen LogP contribution is 2.15. The van der Waals surface area contributed by atoms with Gasteiger partial charge in [-0.05, 0) is 148 Å². The summed E-state index contributed by atoms with van der Waals surface area (Å²) in [6.07, 6.45) is 101. The lowest BCUT2D eigenvalue weighted by atomic mass is 10.0. The number of allylic oxidation sites excluding steroid dienone is 26. The average molecular weight is 1150 g/mol. The maximum atomic E-state index is 12.9. The van der Waals surface area contributed by atoms with Gasteiger partial charge in [0.05, 0.1) is 0 Å². The summed E-state index contributed by atoms with van der Waals surface area (Å²) in [4.78, 5) is 38.4. The van der Waals surface area contributed by atoms with Gasteiger partial charge >= 0.3 is 17.9 Å². The monoisotopic (exact) mass is 1140 g/mol. The van der Waals surface area contributed by atoms with Crippen LogP contribution in [0, 0.1) is 0 Å². The molecule has 0 aromatic carbocycles. The zero-order valence-electron chi connectivity index (χ0n) is 53.7. The second kappa shape index (κ2) is 69.5. The fourth-order valence-electron chi connectivity index (χ4n) is 8.97. The molecule has 6 nitrogen and oxygen atoms in total. The average Bonchev–Trinajstić information content (AvgIpc) is 3.49. The van der Waals surface area contributed by atoms with Crippen molar-refractivity contribution in [1.29, 1.82) is 0 Å². The molecule has 468 valence electrons. The molecule has 0 aliphatic carbocycles. The van der Waals surface area contributed by atoms with Crippen LogP contribution >= 0.6 is 0 Å². The van der Waals surface area contributed by atoms with Crippen molar-refractivity contribution in [1.82, 2.24) is 0 Å². The van der Waals surface area contributed by atoms with Crippen LogP contribution in [0.5, 0.6) is 0 Å². The molecule has 0 radical (unpaired) electrons. The summed E-state index contributed by atoms with van der Waals surface area (Å²) in [5.74, 6) is -0.961. The highest BCUT2D eigenvalue weighted by molar-refractivity contribution is 5.71. The Balaban J connectivity index is 4.41. The van der Waals surface area contributed by atoms with Crippen molar-refractivity contribution in [2.45, 2.75) is 297 Å². The number of hydrogen-bond donors (Lipinski definition) is 0. The van der Waals surface area contributed by atoms with E-state index in [0.29, 0.717) is 19.3 Å². The summed E-state index contributed by atoms with van der Waals surface area (Å²) in [5.41, 5.74) is 0. The molecule has 0 heterocycles. The van der Waals surface area contributed by atoms with E-state index in [-0.39, 0.29) is 31.1 Å². The fraction of sp³-hybridized carbons (Fsp3) is 0.623. The van der Waals surface area contributed by atoms with Gasteiger partial charge in [-0.2, -0.15) is 0 Å². The Kier molecular flexibility index (Phi) is 65.4. The molecule has 0 N–H and O–H groups in total. The molecule has 0 fully saturated rings. The van der Waals surface area contributed by atoms with E-state index in [9.17, 15) is 14.4 Å². The third-order valence-electron chi connectivity index (χ3n) is 14.0. The topological polar surface area (TPSA) is 78.9 Å². The fourth-order valence-corrected chi connectivity index (χ4v) is 8.97. The number of esters is 3. The van der Waals surface area contributed by atoms with Crippen LogP contribution < -0.4 is 0 Å². The Hall–Kier alpha value is -4.97. The van der Waals surface area contributed by atoms with Gasteiger partial charge in [-0.3, -0.25) is 14.4 Å². The van der Waals surface area contributed by atoms with Crippen LogP contribution in [0.15, 0.2) is 158 Å². The number of hydrogen-bond acceptors (Lipinski definition) is 6. The predicted molar refractivity (Wildman–Crippen MR) is 362 cm³/mol. The molecule has 0 spiro atoms. The normalized spacial score (nSPS) is 13.1. The summed E-state index contributed by atoms with van der Waals surface area (Å²) >= 11 is 0. The Bertz CT molecular complexity index is 1840. The second-order valence-electron chi connectivity index (χ2n) is 22.0. The molecule has 0 aliphatic rings. The van der Waals surface area contributed by atoms with Crippen molar-refractivity contribution in [3.8, 4) is 0 Å². The first kappa shape index (κ1) is 78.0. The maximum Gasteiger partial charge on any atom is 0.306 e. The molecule has 6 heteroatoms. The Morgan fingerprint density at radius 3 is 0.747 bits per heavy atom. The molecule has 83 heavy (non-hydrogen) atoms. The van der Waals surface area contributed by atoms with E-state index in [1.54, 1.807) is 0 Å². The van der Waals surface area contributed by atoms with Crippen molar-refractivity contribution < 1.29 is 28.6 Å². The number of carbonyl (C=O) groups excluding carboxylic acids is 3. The molecule has 1 atom stereocenters. The van der Waals surface area contributed by atoms with Gasteiger partial charge in [0.1, 0.15) is 13.2 Å². The van der Waals surface area contributed by atoms with Crippen LogP contribution in [0.1, 0.15) is 290 Å². The first-order chi connectivity index (χ1) is 41.0. The van der Waals surface area contributed by atoms with E-state index in [0.717, 1.165) is 154 Å². The summed E-state index contributed by atoms with van der Waals surface area (Å²) < 4.78 is 16.9. The number of unbranched alkanes of at least 4 members (excludes halogenated alkanes) is 23. The predicted octanol–water partition coefficient (Wildman–Crippen LogP) is 23.7. The third kappa shape index (κ3) is 67.7. The lowest BCUT2D eigenvalue weighted by molar-refractivity contribution is -0.167. The lowest BCUT2D eigenvalue weighted by Crippen LogP contribution is -2.30. The summed E-state index contributed by atoms with van der Waals surface area (Å²) in [6.45, 7) is 6.36. The molecule has 0 aliphatic heterocycles. The summed E-state index contributed by atoms with van der Waals surface area (Å²) in [7, 11) is 0. The van der Waals surface area contributed by atoms with E-state index in [2.05, 4.69) is 179 Å². The van der Waals surface area contributed by atoms with Gasteiger partial charge in [0.15, 0.2) is 6.10 Å². The number of carbonyl (C=O) groups is 3. The first-order valence-electron chi connectivity index (χ1n) is 34.0. The van der Waals surface area contributed by atoms with E-state index >= 15 is 0 Å². The van der Waals surface area contributed by atoms with Crippen LogP contribution in [0.2, 0.25) is 0 Å². The third-order valence-corrected chi connectivity index (χ3v) is 14.0.